The van der Waals surface area contributed by atoms with Crippen LogP contribution in [-0.4, -0.2) is 29.7 Å². The molecule has 3 aromatic rings. The highest BCUT2D eigenvalue weighted by Crippen LogP contribution is 2.27. The van der Waals surface area contributed by atoms with Gasteiger partial charge in [0.2, 0.25) is 0 Å². The molecule has 180 valence electrons. The van der Waals surface area contributed by atoms with Crippen molar-refractivity contribution in [3.05, 3.63) is 77.6 Å². The standard InChI is InChI=1S/C28H34N2O4/c1-6-15-32-24-10-8-12-26(18-24)34-25-11-7-9-22(17-25)30-28(31)27-14-13-23(29-21(27)5)16-20(4)33-19(2)3/h7-14,17-20H,6,15-16H2,1-5H3,(H,30,31). The van der Waals surface area contributed by atoms with Crippen molar-refractivity contribution in [3.8, 4) is 17.2 Å². The summed E-state index contributed by atoms with van der Waals surface area (Å²) in [6, 6.07) is 18.5. The van der Waals surface area contributed by atoms with Crippen LogP contribution in [0.15, 0.2) is 60.7 Å². The molecule has 1 amide bonds. The molecular weight excluding hydrogens is 428 g/mol. The van der Waals surface area contributed by atoms with Crippen molar-refractivity contribution >= 4 is 11.6 Å². The number of aryl methyl sites for hydroxylation is 1. The van der Waals surface area contributed by atoms with Crippen molar-refractivity contribution < 1.29 is 19.0 Å². The van der Waals surface area contributed by atoms with Gasteiger partial charge in [0.25, 0.3) is 5.91 Å². The van der Waals surface area contributed by atoms with Crippen LogP contribution in [0.25, 0.3) is 0 Å². The lowest BCUT2D eigenvalue weighted by Crippen LogP contribution is -2.18. The first-order valence-corrected chi connectivity index (χ1v) is 11.8. The largest absolute Gasteiger partial charge is 0.493 e. The second kappa shape index (κ2) is 12.2. The van der Waals surface area contributed by atoms with Gasteiger partial charge in [-0.25, -0.2) is 0 Å². The fraction of sp³-hybridized carbons (Fsp3) is 0.357. The van der Waals surface area contributed by atoms with Gasteiger partial charge in [-0.15, -0.1) is 0 Å². The fourth-order valence-electron chi connectivity index (χ4n) is 3.59. The highest BCUT2D eigenvalue weighted by Gasteiger charge is 2.14. The van der Waals surface area contributed by atoms with Crippen LogP contribution in [0.4, 0.5) is 5.69 Å². The predicted molar refractivity (Wildman–Crippen MR) is 135 cm³/mol. The Morgan fingerprint density at radius 3 is 2.38 bits per heavy atom. The number of rotatable bonds is 11. The van der Waals surface area contributed by atoms with Crippen LogP contribution >= 0.6 is 0 Å². The third-order valence-electron chi connectivity index (χ3n) is 5.00. The molecule has 34 heavy (non-hydrogen) atoms. The molecule has 1 aromatic heterocycles. The Bertz CT molecular complexity index is 1100. The van der Waals surface area contributed by atoms with Crippen LogP contribution < -0.4 is 14.8 Å². The molecule has 0 fully saturated rings. The molecule has 6 heteroatoms. The number of amides is 1. The van der Waals surface area contributed by atoms with E-state index >= 15 is 0 Å². The Hall–Kier alpha value is -3.38. The average molecular weight is 463 g/mol. The molecule has 0 radical (unpaired) electrons. The van der Waals surface area contributed by atoms with Gasteiger partial charge in [-0.2, -0.15) is 0 Å². The summed E-state index contributed by atoms with van der Waals surface area (Å²) in [4.78, 5) is 17.5. The van der Waals surface area contributed by atoms with Crippen molar-refractivity contribution in [1.82, 2.24) is 4.98 Å². The number of hydrogen-bond donors (Lipinski definition) is 1. The van der Waals surface area contributed by atoms with Crippen LogP contribution in [0.5, 0.6) is 17.2 Å². The first-order chi connectivity index (χ1) is 16.3. The van der Waals surface area contributed by atoms with E-state index in [0.29, 0.717) is 41.5 Å². The molecule has 0 spiro atoms. The molecule has 3 rings (SSSR count). The summed E-state index contributed by atoms with van der Waals surface area (Å²) >= 11 is 0. The zero-order chi connectivity index (χ0) is 24.5. The van der Waals surface area contributed by atoms with E-state index in [1.54, 1.807) is 6.07 Å². The molecule has 0 aliphatic heterocycles. The SMILES string of the molecule is CCCOc1cccc(Oc2cccc(NC(=O)c3ccc(CC(C)OC(C)C)nc3C)c2)c1. The van der Waals surface area contributed by atoms with E-state index in [1.807, 2.05) is 82.3 Å². The van der Waals surface area contributed by atoms with Crippen molar-refractivity contribution in [1.29, 1.82) is 0 Å². The number of ether oxygens (including phenoxy) is 3. The maximum atomic E-state index is 12.9. The molecule has 1 unspecified atom stereocenters. The van der Waals surface area contributed by atoms with E-state index in [0.717, 1.165) is 17.9 Å². The van der Waals surface area contributed by atoms with Gasteiger partial charge in [-0.05, 0) is 70.5 Å². The lowest BCUT2D eigenvalue weighted by atomic mass is 10.1. The molecule has 2 aromatic carbocycles. The summed E-state index contributed by atoms with van der Waals surface area (Å²) in [5.41, 5.74) is 2.77. The monoisotopic (exact) mass is 462 g/mol. The van der Waals surface area contributed by atoms with Crippen LogP contribution in [0.3, 0.4) is 0 Å². The quantitative estimate of drug-likeness (QED) is 0.349. The Morgan fingerprint density at radius 1 is 0.971 bits per heavy atom. The van der Waals surface area contributed by atoms with Crippen molar-refractivity contribution in [3.63, 3.8) is 0 Å². The van der Waals surface area contributed by atoms with Crippen LogP contribution in [0, 0.1) is 6.92 Å². The number of carbonyl (C=O) groups is 1. The van der Waals surface area contributed by atoms with E-state index in [4.69, 9.17) is 14.2 Å². The topological polar surface area (TPSA) is 69.7 Å². The van der Waals surface area contributed by atoms with E-state index in [9.17, 15) is 4.79 Å². The Kier molecular flexibility index (Phi) is 9.05. The molecule has 1 heterocycles. The summed E-state index contributed by atoms with van der Waals surface area (Å²) in [5, 5.41) is 2.94. The average Bonchev–Trinajstić information content (AvgIpc) is 2.77. The summed E-state index contributed by atoms with van der Waals surface area (Å²) in [5.74, 6) is 1.84. The molecular formula is C28H34N2O4. The van der Waals surface area contributed by atoms with E-state index in [2.05, 4.69) is 17.2 Å². The zero-order valence-electron chi connectivity index (χ0n) is 20.6. The highest BCUT2D eigenvalue weighted by molar-refractivity contribution is 6.05. The van der Waals surface area contributed by atoms with E-state index in [-0.39, 0.29) is 18.1 Å². The van der Waals surface area contributed by atoms with Crippen molar-refractivity contribution in [2.75, 3.05) is 11.9 Å². The Morgan fingerprint density at radius 2 is 1.68 bits per heavy atom. The molecule has 0 saturated carbocycles. The van der Waals surface area contributed by atoms with Crippen molar-refractivity contribution in [2.45, 2.75) is 59.7 Å². The Balaban J connectivity index is 1.65. The molecule has 0 saturated heterocycles. The predicted octanol–water partition coefficient (Wildman–Crippen LogP) is 6.58. The number of nitrogens with zero attached hydrogens (tertiary/aromatic N) is 1. The number of benzene rings is 2. The number of anilines is 1. The van der Waals surface area contributed by atoms with E-state index < -0.39 is 0 Å². The maximum absolute atomic E-state index is 12.9. The number of aromatic nitrogens is 1. The van der Waals surface area contributed by atoms with Gasteiger partial charge in [0.15, 0.2) is 0 Å². The Labute approximate surface area is 202 Å². The number of hydrogen-bond acceptors (Lipinski definition) is 5. The number of pyridine rings is 1. The zero-order valence-corrected chi connectivity index (χ0v) is 20.6. The minimum atomic E-state index is -0.213. The molecule has 0 aliphatic carbocycles. The highest BCUT2D eigenvalue weighted by atomic mass is 16.5. The molecule has 6 nitrogen and oxygen atoms in total. The molecule has 1 N–H and O–H groups in total. The summed E-state index contributed by atoms with van der Waals surface area (Å²) in [6.07, 6.45) is 1.87. The van der Waals surface area contributed by atoms with Crippen LogP contribution in [0.2, 0.25) is 0 Å². The maximum Gasteiger partial charge on any atom is 0.257 e. The minimum absolute atomic E-state index is 0.0632. The third kappa shape index (κ3) is 7.59. The van der Waals surface area contributed by atoms with Gasteiger partial charge < -0.3 is 19.5 Å². The second-order valence-corrected chi connectivity index (χ2v) is 8.54. The van der Waals surface area contributed by atoms with Crippen LogP contribution in [-0.2, 0) is 11.2 Å². The smallest absolute Gasteiger partial charge is 0.257 e. The normalized spacial score (nSPS) is 11.8. The first kappa shape index (κ1) is 25.2. The van der Waals surface area contributed by atoms with Gasteiger partial charge >= 0.3 is 0 Å². The lowest BCUT2D eigenvalue weighted by Gasteiger charge is -2.16. The minimum Gasteiger partial charge on any atom is -0.493 e. The molecule has 1 atom stereocenters. The molecule has 0 aliphatic rings. The fourth-order valence-corrected chi connectivity index (χ4v) is 3.59. The number of nitrogens with one attached hydrogen (secondary N) is 1. The van der Waals surface area contributed by atoms with Crippen molar-refractivity contribution in [2.24, 2.45) is 0 Å². The molecule has 0 bridgehead atoms. The van der Waals surface area contributed by atoms with E-state index in [1.165, 1.54) is 0 Å². The first-order valence-electron chi connectivity index (χ1n) is 11.8. The third-order valence-corrected chi connectivity index (χ3v) is 5.00. The second-order valence-electron chi connectivity index (χ2n) is 8.54. The van der Waals surface area contributed by atoms with Gasteiger partial charge in [0.05, 0.1) is 30.1 Å². The summed E-state index contributed by atoms with van der Waals surface area (Å²) < 4.78 is 17.4. The van der Waals surface area contributed by atoms with Crippen LogP contribution in [0.1, 0.15) is 55.9 Å². The van der Waals surface area contributed by atoms with Gasteiger partial charge in [-0.3, -0.25) is 9.78 Å². The van der Waals surface area contributed by atoms with Gasteiger partial charge in [-0.1, -0.05) is 19.1 Å². The lowest BCUT2D eigenvalue weighted by molar-refractivity contribution is 0.0190. The summed E-state index contributed by atoms with van der Waals surface area (Å²) in [7, 11) is 0. The van der Waals surface area contributed by atoms with Gasteiger partial charge in [0, 0.05) is 29.9 Å². The number of carbonyl (C=O) groups excluding carboxylic acids is 1. The summed E-state index contributed by atoms with van der Waals surface area (Å²) in [6.45, 7) is 10.6. The van der Waals surface area contributed by atoms with Gasteiger partial charge in [0.1, 0.15) is 17.2 Å².